The van der Waals surface area contributed by atoms with E-state index in [1.54, 1.807) is 18.4 Å². The molecule has 2 N–H and O–H groups in total. The molecule has 3 rings (SSSR count). The molecule has 1 amide bonds. The van der Waals surface area contributed by atoms with E-state index in [1.165, 1.54) is 4.88 Å². The van der Waals surface area contributed by atoms with Crippen LogP contribution in [0.1, 0.15) is 24.6 Å². The zero-order valence-corrected chi connectivity index (χ0v) is 15.4. The van der Waals surface area contributed by atoms with E-state index >= 15 is 0 Å². The molecule has 1 fully saturated rings. The number of ether oxygens (including phenoxy) is 1. The van der Waals surface area contributed by atoms with Gasteiger partial charge in [0.1, 0.15) is 5.75 Å². The van der Waals surface area contributed by atoms with Gasteiger partial charge in [-0.2, -0.15) is 0 Å². The highest BCUT2D eigenvalue weighted by molar-refractivity contribution is 7.16. The van der Waals surface area contributed by atoms with Gasteiger partial charge in [0, 0.05) is 10.4 Å². The van der Waals surface area contributed by atoms with Gasteiger partial charge in [0.05, 0.1) is 18.8 Å². The van der Waals surface area contributed by atoms with E-state index in [1.807, 2.05) is 24.3 Å². The number of halogens is 1. The van der Waals surface area contributed by atoms with Crippen LogP contribution in [-0.2, 0) is 11.2 Å². The quantitative estimate of drug-likeness (QED) is 0.849. The zero-order chi connectivity index (χ0) is 16.2. The molecular weight excluding hydrogens is 346 g/mol. The van der Waals surface area contributed by atoms with Crippen molar-refractivity contribution in [1.29, 1.82) is 0 Å². The van der Waals surface area contributed by atoms with Crippen molar-refractivity contribution in [3.05, 3.63) is 29.1 Å². The summed E-state index contributed by atoms with van der Waals surface area (Å²) in [5, 5.41) is 6.83. The van der Waals surface area contributed by atoms with Gasteiger partial charge in [-0.3, -0.25) is 4.79 Å². The normalized spacial score (nSPS) is 16.5. The van der Waals surface area contributed by atoms with Gasteiger partial charge in [-0.05, 0) is 50.1 Å². The Morgan fingerprint density at radius 3 is 2.75 bits per heavy atom. The zero-order valence-electron chi connectivity index (χ0n) is 13.8. The van der Waals surface area contributed by atoms with Gasteiger partial charge in [0.2, 0.25) is 5.91 Å². The van der Waals surface area contributed by atoms with E-state index in [4.69, 9.17) is 4.74 Å². The van der Waals surface area contributed by atoms with E-state index in [-0.39, 0.29) is 24.4 Å². The summed E-state index contributed by atoms with van der Waals surface area (Å²) in [6.07, 6.45) is 2.83. The number of nitrogens with one attached hydrogen (secondary N) is 2. The highest BCUT2D eigenvalue weighted by Crippen LogP contribution is 2.32. The van der Waals surface area contributed by atoms with Gasteiger partial charge in [0.25, 0.3) is 0 Å². The van der Waals surface area contributed by atoms with Crippen LogP contribution >= 0.6 is 23.7 Å². The molecule has 130 valence electrons. The van der Waals surface area contributed by atoms with Gasteiger partial charge in [-0.25, -0.2) is 4.98 Å². The molecule has 1 aliphatic rings. The molecule has 1 unspecified atom stereocenters. The summed E-state index contributed by atoms with van der Waals surface area (Å²) in [5.41, 5.74) is 1.98. The van der Waals surface area contributed by atoms with Crippen molar-refractivity contribution in [2.45, 2.75) is 32.2 Å². The fraction of sp³-hybridized carbons (Fsp3) is 0.412. The monoisotopic (exact) mass is 367 g/mol. The lowest BCUT2D eigenvalue weighted by molar-refractivity contribution is -0.117. The Morgan fingerprint density at radius 1 is 1.42 bits per heavy atom. The lowest BCUT2D eigenvalue weighted by atomic mass is 10.1. The fourth-order valence-electron chi connectivity index (χ4n) is 2.72. The van der Waals surface area contributed by atoms with Crippen LogP contribution in [0, 0.1) is 0 Å². The maximum absolute atomic E-state index is 12.2. The second-order valence-corrected chi connectivity index (χ2v) is 6.59. The van der Waals surface area contributed by atoms with Crippen molar-refractivity contribution in [3.8, 4) is 17.0 Å². The standard InChI is InChI=1S/C17H21N3O2S.ClH/c1-3-14-15(11-6-8-12(22-2)9-7-11)19-17(23-14)20-16(21)13-5-4-10-18-13;/h6-9,13,18H,3-5,10H2,1-2H3,(H,19,20,21);1H. The molecule has 1 atom stereocenters. The van der Waals surface area contributed by atoms with Crippen molar-refractivity contribution >= 4 is 34.8 Å². The Labute approximate surface area is 152 Å². The Kier molecular flexibility index (Phi) is 6.60. The van der Waals surface area contributed by atoms with E-state index < -0.39 is 0 Å². The van der Waals surface area contributed by atoms with Gasteiger partial charge < -0.3 is 15.4 Å². The first-order valence-corrected chi connectivity index (χ1v) is 8.71. The molecule has 2 heterocycles. The van der Waals surface area contributed by atoms with Crippen molar-refractivity contribution in [3.63, 3.8) is 0 Å². The predicted octanol–water partition coefficient (Wildman–Crippen LogP) is 3.49. The molecule has 0 saturated carbocycles. The number of methoxy groups -OCH3 is 1. The van der Waals surface area contributed by atoms with Crippen LogP contribution in [0.2, 0.25) is 0 Å². The van der Waals surface area contributed by atoms with Crippen LogP contribution in [0.5, 0.6) is 5.75 Å². The van der Waals surface area contributed by atoms with E-state index in [0.29, 0.717) is 5.13 Å². The van der Waals surface area contributed by atoms with Crippen LogP contribution in [0.3, 0.4) is 0 Å². The summed E-state index contributed by atoms with van der Waals surface area (Å²) >= 11 is 1.55. The number of carbonyl (C=O) groups excluding carboxylic acids is 1. The van der Waals surface area contributed by atoms with Crippen molar-refractivity contribution < 1.29 is 9.53 Å². The molecule has 0 aliphatic carbocycles. The number of rotatable bonds is 5. The van der Waals surface area contributed by atoms with Gasteiger partial charge in [0.15, 0.2) is 5.13 Å². The topological polar surface area (TPSA) is 63.2 Å². The Balaban J connectivity index is 0.00000208. The fourth-order valence-corrected chi connectivity index (χ4v) is 3.65. The molecule has 0 bridgehead atoms. The Morgan fingerprint density at radius 2 is 2.17 bits per heavy atom. The molecule has 0 spiro atoms. The summed E-state index contributed by atoms with van der Waals surface area (Å²) in [6.45, 7) is 3.01. The number of amides is 1. The Bertz CT molecular complexity index is 682. The molecule has 0 radical (unpaired) electrons. The number of benzene rings is 1. The van der Waals surface area contributed by atoms with Crippen molar-refractivity contribution in [2.75, 3.05) is 19.0 Å². The third-order valence-corrected chi connectivity index (χ3v) is 5.10. The average molecular weight is 368 g/mol. The first-order valence-electron chi connectivity index (χ1n) is 7.89. The van der Waals surface area contributed by atoms with Gasteiger partial charge in [-0.15, -0.1) is 23.7 Å². The lowest BCUT2D eigenvalue weighted by Crippen LogP contribution is -2.35. The lowest BCUT2D eigenvalue weighted by Gasteiger charge is -2.08. The summed E-state index contributed by atoms with van der Waals surface area (Å²) in [7, 11) is 1.65. The Hall–Kier alpha value is -1.63. The largest absolute Gasteiger partial charge is 0.497 e. The number of nitrogens with zero attached hydrogens (tertiary/aromatic N) is 1. The van der Waals surface area contributed by atoms with Crippen LogP contribution in [0.25, 0.3) is 11.3 Å². The van der Waals surface area contributed by atoms with Crippen molar-refractivity contribution in [1.82, 2.24) is 10.3 Å². The SMILES string of the molecule is CCc1sc(NC(=O)C2CCCN2)nc1-c1ccc(OC)cc1.Cl. The summed E-state index contributed by atoms with van der Waals surface area (Å²) in [5.74, 6) is 0.836. The average Bonchev–Trinajstić information content (AvgIpc) is 3.24. The van der Waals surface area contributed by atoms with Crippen LogP contribution in [0.15, 0.2) is 24.3 Å². The minimum Gasteiger partial charge on any atom is -0.497 e. The van der Waals surface area contributed by atoms with E-state index in [0.717, 1.165) is 42.8 Å². The molecule has 7 heteroatoms. The van der Waals surface area contributed by atoms with Gasteiger partial charge in [-0.1, -0.05) is 6.92 Å². The summed E-state index contributed by atoms with van der Waals surface area (Å²) in [4.78, 5) is 18.0. The third-order valence-electron chi connectivity index (χ3n) is 3.99. The minimum absolute atomic E-state index is 0. The summed E-state index contributed by atoms with van der Waals surface area (Å²) < 4.78 is 5.19. The molecule has 1 aromatic carbocycles. The molecule has 1 aromatic heterocycles. The minimum atomic E-state index is -0.0894. The number of aromatic nitrogens is 1. The van der Waals surface area contributed by atoms with Crippen molar-refractivity contribution in [2.24, 2.45) is 0 Å². The maximum atomic E-state index is 12.2. The smallest absolute Gasteiger partial charge is 0.243 e. The maximum Gasteiger partial charge on any atom is 0.243 e. The van der Waals surface area contributed by atoms with E-state index in [9.17, 15) is 4.79 Å². The summed E-state index contributed by atoms with van der Waals surface area (Å²) in [6, 6.07) is 7.76. The first-order chi connectivity index (χ1) is 11.2. The number of hydrogen-bond acceptors (Lipinski definition) is 5. The molecular formula is C17H22ClN3O2S. The first kappa shape index (κ1) is 18.7. The number of carbonyl (C=O) groups is 1. The number of hydrogen-bond donors (Lipinski definition) is 2. The molecule has 1 saturated heterocycles. The number of aryl methyl sites for hydroxylation is 1. The van der Waals surface area contributed by atoms with Crippen LogP contribution < -0.4 is 15.4 Å². The molecule has 5 nitrogen and oxygen atoms in total. The highest BCUT2D eigenvalue weighted by atomic mass is 35.5. The van der Waals surface area contributed by atoms with Crippen LogP contribution in [0.4, 0.5) is 5.13 Å². The number of thiazole rings is 1. The predicted molar refractivity (Wildman–Crippen MR) is 100 cm³/mol. The van der Waals surface area contributed by atoms with Crippen LogP contribution in [-0.4, -0.2) is 30.6 Å². The third kappa shape index (κ3) is 4.06. The molecule has 2 aromatic rings. The van der Waals surface area contributed by atoms with Gasteiger partial charge >= 0.3 is 0 Å². The second kappa shape index (κ2) is 8.46. The molecule has 1 aliphatic heterocycles. The second-order valence-electron chi connectivity index (χ2n) is 5.51. The highest BCUT2D eigenvalue weighted by Gasteiger charge is 2.23. The van der Waals surface area contributed by atoms with E-state index in [2.05, 4.69) is 22.5 Å². The number of anilines is 1. The molecule has 24 heavy (non-hydrogen) atoms.